The van der Waals surface area contributed by atoms with Crippen LogP contribution in [0.15, 0.2) is 18.2 Å². The van der Waals surface area contributed by atoms with Gasteiger partial charge in [-0.3, -0.25) is 0 Å². The summed E-state index contributed by atoms with van der Waals surface area (Å²) in [6.45, 7) is 5.03. The van der Waals surface area contributed by atoms with Crippen molar-refractivity contribution in [3.63, 3.8) is 0 Å². The van der Waals surface area contributed by atoms with Crippen LogP contribution in [-0.4, -0.2) is 6.54 Å². The lowest BCUT2D eigenvalue weighted by atomic mass is 9.99. The second-order valence-corrected chi connectivity index (χ2v) is 5.37. The molecule has 0 saturated carbocycles. The van der Waals surface area contributed by atoms with E-state index in [1.165, 1.54) is 44.2 Å². The average molecular weight is 283 g/mol. The highest BCUT2D eigenvalue weighted by Gasteiger charge is 2.12. The van der Waals surface area contributed by atoms with Crippen molar-refractivity contribution in [3.8, 4) is 0 Å². The molecule has 1 aromatic rings. The summed E-state index contributed by atoms with van der Waals surface area (Å²) in [7, 11) is 0. The Morgan fingerprint density at radius 3 is 2.10 bits per heavy atom. The SMILES string of the molecule is CCCCCCCCC(NCC)c1cc(F)cc(F)c1. The zero-order valence-electron chi connectivity index (χ0n) is 12.7. The molecule has 1 unspecified atom stereocenters. The van der Waals surface area contributed by atoms with E-state index < -0.39 is 11.6 Å². The van der Waals surface area contributed by atoms with Gasteiger partial charge in [0.1, 0.15) is 11.6 Å². The molecule has 0 heterocycles. The summed E-state index contributed by atoms with van der Waals surface area (Å²) in [6, 6.07) is 3.86. The summed E-state index contributed by atoms with van der Waals surface area (Å²) in [5.74, 6) is -0.989. The highest BCUT2D eigenvalue weighted by Crippen LogP contribution is 2.22. The normalized spacial score (nSPS) is 12.6. The molecule has 1 atom stereocenters. The molecule has 0 aliphatic rings. The van der Waals surface area contributed by atoms with Crippen molar-refractivity contribution in [1.82, 2.24) is 5.32 Å². The Labute approximate surface area is 121 Å². The number of hydrogen-bond acceptors (Lipinski definition) is 1. The summed E-state index contributed by atoms with van der Waals surface area (Å²) in [4.78, 5) is 0. The van der Waals surface area contributed by atoms with Crippen molar-refractivity contribution in [3.05, 3.63) is 35.4 Å². The predicted octanol–water partition coefficient (Wildman–Crippen LogP) is 5.37. The number of nitrogens with one attached hydrogen (secondary N) is 1. The molecular weight excluding hydrogens is 256 g/mol. The molecular formula is C17H27F2N. The Hall–Kier alpha value is -0.960. The van der Waals surface area contributed by atoms with Gasteiger partial charge in [-0.2, -0.15) is 0 Å². The maximum atomic E-state index is 13.3. The zero-order chi connectivity index (χ0) is 14.8. The first kappa shape index (κ1) is 17.1. The Bertz CT molecular complexity index is 359. The summed E-state index contributed by atoms with van der Waals surface area (Å²) < 4.78 is 26.6. The molecule has 0 saturated heterocycles. The quantitative estimate of drug-likeness (QED) is 0.569. The second-order valence-electron chi connectivity index (χ2n) is 5.37. The minimum atomic E-state index is -0.495. The van der Waals surface area contributed by atoms with E-state index in [2.05, 4.69) is 12.2 Å². The smallest absolute Gasteiger partial charge is 0.126 e. The van der Waals surface area contributed by atoms with E-state index in [0.717, 1.165) is 31.0 Å². The van der Waals surface area contributed by atoms with E-state index in [1.54, 1.807) is 0 Å². The molecule has 0 aliphatic heterocycles. The first-order chi connectivity index (χ1) is 9.67. The predicted molar refractivity (Wildman–Crippen MR) is 80.8 cm³/mol. The van der Waals surface area contributed by atoms with Gasteiger partial charge in [0.2, 0.25) is 0 Å². The molecule has 0 fully saturated rings. The number of benzene rings is 1. The Morgan fingerprint density at radius 1 is 0.900 bits per heavy atom. The molecule has 20 heavy (non-hydrogen) atoms. The molecule has 0 spiro atoms. The van der Waals surface area contributed by atoms with Crippen LogP contribution in [0.3, 0.4) is 0 Å². The molecule has 0 amide bonds. The third-order valence-electron chi connectivity index (χ3n) is 3.58. The fourth-order valence-corrected chi connectivity index (χ4v) is 2.54. The van der Waals surface area contributed by atoms with Gasteiger partial charge in [-0.1, -0.05) is 52.4 Å². The van der Waals surface area contributed by atoms with E-state index in [-0.39, 0.29) is 6.04 Å². The maximum absolute atomic E-state index is 13.3. The maximum Gasteiger partial charge on any atom is 0.126 e. The number of rotatable bonds is 10. The van der Waals surface area contributed by atoms with Crippen LogP contribution in [0.4, 0.5) is 8.78 Å². The molecule has 1 nitrogen and oxygen atoms in total. The van der Waals surface area contributed by atoms with Gasteiger partial charge in [0.05, 0.1) is 0 Å². The molecule has 0 bridgehead atoms. The fraction of sp³-hybridized carbons (Fsp3) is 0.647. The molecule has 1 N–H and O–H groups in total. The van der Waals surface area contributed by atoms with Crippen LogP contribution >= 0.6 is 0 Å². The van der Waals surface area contributed by atoms with Crippen LogP contribution in [0.2, 0.25) is 0 Å². The van der Waals surface area contributed by atoms with Crippen molar-refractivity contribution in [2.75, 3.05) is 6.54 Å². The van der Waals surface area contributed by atoms with Gasteiger partial charge in [0, 0.05) is 12.1 Å². The zero-order valence-corrected chi connectivity index (χ0v) is 12.7. The molecule has 0 aliphatic carbocycles. The molecule has 1 rings (SSSR count). The molecule has 0 radical (unpaired) electrons. The van der Waals surface area contributed by atoms with E-state index >= 15 is 0 Å². The average Bonchev–Trinajstić information content (AvgIpc) is 2.40. The fourth-order valence-electron chi connectivity index (χ4n) is 2.54. The van der Waals surface area contributed by atoms with Gasteiger partial charge in [0.25, 0.3) is 0 Å². The largest absolute Gasteiger partial charge is 0.310 e. The van der Waals surface area contributed by atoms with Crippen molar-refractivity contribution >= 4 is 0 Å². The lowest BCUT2D eigenvalue weighted by Gasteiger charge is -2.18. The summed E-state index contributed by atoms with van der Waals surface area (Å²) in [6.07, 6.45) is 8.32. The van der Waals surface area contributed by atoms with Crippen molar-refractivity contribution in [2.24, 2.45) is 0 Å². The summed E-state index contributed by atoms with van der Waals surface area (Å²) in [5.41, 5.74) is 0.720. The van der Waals surface area contributed by atoms with E-state index in [0.29, 0.717) is 0 Å². The van der Waals surface area contributed by atoms with Crippen LogP contribution in [0.1, 0.15) is 70.4 Å². The number of unbranched alkanes of at least 4 members (excludes halogenated alkanes) is 5. The van der Waals surface area contributed by atoms with Crippen molar-refractivity contribution in [2.45, 2.75) is 64.8 Å². The monoisotopic (exact) mass is 283 g/mol. The first-order valence-electron chi connectivity index (χ1n) is 7.86. The van der Waals surface area contributed by atoms with Crippen LogP contribution in [0.5, 0.6) is 0 Å². The van der Waals surface area contributed by atoms with Gasteiger partial charge in [-0.05, 0) is 30.7 Å². The Balaban J connectivity index is 2.47. The molecule has 1 aromatic carbocycles. The van der Waals surface area contributed by atoms with Gasteiger partial charge in [0.15, 0.2) is 0 Å². The van der Waals surface area contributed by atoms with Crippen LogP contribution < -0.4 is 5.32 Å². The highest BCUT2D eigenvalue weighted by molar-refractivity contribution is 5.21. The highest BCUT2D eigenvalue weighted by atomic mass is 19.1. The lowest BCUT2D eigenvalue weighted by molar-refractivity contribution is 0.470. The standard InChI is InChI=1S/C17H27F2N/c1-3-5-6-7-8-9-10-17(20-4-2)14-11-15(18)13-16(19)12-14/h11-13,17,20H,3-10H2,1-2H3. The molecule has 3 heteroatoms. The first-order valence-corrected chi connectivity index (χ1v) is 7.86. The number of halogens is 2. The minimum absolute atomic E-state index is 0.0522. The third kappa shape index (κ3) is 6.47. The van der Waals surface area contributed by atoms with Crippen LogP contribution in [-0.2, 0) is 0 Å². The third-order valence-corrected chi connectivity index (χ3v) is 3.58. The van der Waals surface area contributed by atoms with Crippen LogP contribution in [0, 0.1) is 11.6 Å². The van der Waals surface area contributed by atoms with Crippen LogP contribution in [0.25, 0.3) is 0 Å². The number of hydrogen-bond donors (Lipinski definition) is 1. The summed E-state index contributed by atoms with van der Waals surface area (Å²) >= 11 is 0. The lowest BCUT2D eigenvalue weighted by Crippen LogP contribution is -2.21. The van der Waals surface area contributed by atoms with Crippen molar-refractivity contribution in [1.29, 1.82) is 0 Å². The second kappa shape index (κ2) is 9.87. The minimum Gasteiger partial charge on any atom is -0.310 e. The Morgan fingerprint density at radius 2 is 1.50 bits per heavy atom. The molecule has 0 aromatic heterocycles. The van der Waals surface area contributed by atoms with Gasteiger partial charge < -0.3 is 5.32 Å². The van der Waals surface area contributed by atoms with Crippen molar-refractivity contribution < 1.29 is 8.78 Å². The van der Waals surface area contributed by atoms with Gasteiger partial charge in [-0.15, -0.1) is 0 Å². The summed E-state index contributed by atoms with van der Waals surface area (Å²) in [5, 5.41) is 3.32. The van der Waals surface area contributed by atoms with E-state index in [4.69, 9.17) is 0 Å². The topological polar surface area (TPSA) is 12.0 Å². The van der Waals surface area contributed by atoms with E-state index in [9.17, 15) is 8.78 Å². The Kier molecular flexibility index (Phi) is 8.43. The molecule has 114 valence electrons. The van der Waals surface area contributed by atoms with Gasteiger partial charge >= 0.3 is 0 Å². The van der Waals surface area contributed by atoms with E-state index in [1.807, 2.05) is 6.92 Å². The van der Waals surface area contributed by atoms with Gasteiger partial charge in [-0.25, -0.2) is 8.78 Å².